The SMILES string of the molecule is Nc1c(C(=O)Nc2nncs2)cccc1[N+](=O)[O-]. The number of nitrogens with zero attached hydrogens (tertiary/aromatic N) is 3. The van der Waals surface area contributed by atoms with E-state index in [4.69, 9.17) is 5.73 Å². The molecule has 2 aromatic rings. The van der Waals surface area contributed by atoms with Crippen molar-refractivity contribution in [1.82, 2.24) is 10.2 Å². The third kappa shape index (κ3) is 2.25. The minimum absolute atomic E-state index is 0.0272. The van der Waals surface area contributed by atoms with Gasteiger partial charge in [-0.15, -0.1) is 10.2 Å². The Labute approximate surface area is 105 Å². The van der Waals surface area contributed by atoms with Crippen LogP contribution in [0.3, 0.4) is 0 Å². The molecule has 1 aromatic heterocycles. The molecule has 0 aliphatic rings. The van der Waals surface area contributed by atoms with Crippen LogP contribution in [-0.4, -0.2) is 21.0 Å². The van der Waals surface area contributed by atoms with E-state index in [2.05, 4.69) is 15.5 Å². The van der Waals surface area contributed by atoms with Crippen molar-refractivity contribution in [2.24, 2.45) is 0 Å². The van der Waals surface area contributed by atoms with Gasteiger partial charge in [-0.3, -0.25) is 20.2 Å². The fourth-order valence-corrected chi connectivity index (χ4v) is 1.74. The number of nitro groups is 1. The number of para-hydroxylation sites is 1. The van der Waals surface area contributed by atoms with Gasteiger partial charge in [0.2, 0.25) is 5.13 Å². The first kappa shape index (κ1) is 11.9. The van der Waals surface area contributed by atoms with Crippen molar-refractivity contribution in [3.63, 3.8) is 0 Å². The average Bonchev–Trinajstić information content (AvgIpc) is 2.81. The number of carbonyl (C=O) groups is 1. The number of hydrogen-bond donors (Lipinski definition) is 2. The molecule has 92 valence electrons. The van der Waals surface area contributed by atoms with E-state index in [-0.39, 0.29) is 16.9 Å². The number of anilines is 2. The van der Waals surface area contributed by atoms with Crippen LogP contribution in [0.25, 0.3) is 0 Å². The zero-order chi connectivity index (χ0) is 13.1. The van der Waals surface area contributed by atoms with Gasteiger partial charge in [0.25, 0.3) is 11.6 Å². The molecule has 9 heteroatoms. The van der Waals surface area contributed by atoms with Crippen LogP contribution in [0.1, 0.15) is 10.4 Å². The Morgan fingerprint density at radius 3 is 2.89 bits per heavy atom. The van der Waals surface area contributed by atoms with Crippen LogP contribution in [0.2, 0.25) is 0 Å². The first-order chi connectivity index (χ1) is 8.59. The summed E-state index contributed by atoms with van der Waals surface area (Å²) < 4.78 is 0. The van der Waals surface area contributed by atoms with Crippen LogP contribution in [0.15, 0.2) is 23.7 Å². The quantitative estimate of drug-likeness (QED) is 0.489. The molecule has 8 nitrogen and oxygen atoms in total. The third-order valence-electron chi connectivity index (χ3n) is 2.10. The van der Waals surface area contributed by atoms with E-state index in [0.717, 1.165) is 11.3 Å². The lowest BCUT2D eigenvalue weighted by Gasteiger charge is -2.04. The molecule has 0 saturated heterocycles. The van der Waals surface area contributed by atoms with E-state index >= 15 is 0 Å². The van der Waals surface area contributed by atoms with Crippen LogP contribution in [-0.2, 0) is 0 Å². The van der Waals surface area contributed by atoms with Crippen molar-refractivity contribution in [2.45, 2.75) is 0 Å². The summed E-state index contributed by atoms with van der Waals surface area (Å²) in [6, 6.07) is 4.03. The fourth-order valence-electron chi connectivity index (χ4n) is 1.30. The lowest BCUT2D eigenvalue weighted by atomic mass is 10.1. The van der Waals surface area contributed by atoms with Crippen LogP contribution in [0.4, 0.5) is 16.5 Å². The molecule has 1 heterocycles. The number of nitrogen functional groups attached to an aromatic ring is 1. The van der Waals surface area contributed by atoms with E-state index in [0.29, 0.717) is 5.13 Å². The van der Waals surface area contributed by atoms with Crippen molar-refractivity contribution >= 4 is 33.8 Å². The average molecular weight is 265 g/mol. The molecule has 0 unspecified atom stereocenters. The summed E-state index contributed by atoms with van der Waals surface area (Å²) in [7, 11) is 0. The third-order valence-corrected chi connectivity index (χ3v) is 2.71. The summed E-state index contributed by atoms with van der Waals surface area (Å²) in [5, 5.41) is 20.6. The molecule has 3 N–H and O–H groups in total. The summed E-state index contributed by atoms with van der Waals surface area (Å²) in [6.07, 6.45) is 0. The molecule has 2 rings (SSSR count). The van der Waals surface area contributed by atoms with Crippen molar-refractivity contribution in [2.75, 3.05) is 11.1 Å². The smallest absolute Gasteiger partial charge is 0.292 e. The number of carbonyl (C=O) groups excluding carboxylic acids is 1. The van der Waals surface area contributed by atoms with Gasteiger partial charge >= 0.3 is 0 Å². The molecular formula is C9H7N5O3S. The molecule has 18 heavy (non-hydrogen) atoms. The predicted octanol–water partition coefficient (Wildman–Crippen LogP) is 1.28. The molecule has 0 aliphatic carbocycles. The van der Waals surface area contributed by atoms with E-state index in [1.54, 1.807) is 0 Å². The second-order valence-electron chi connectivity index (χ2n) is 3.19. The molecule has 0 bridgehead atoms. The Morgan fingerprint density at radius 1 is 1.50 bits per heavy atom. The Morgan fingerprint density at radius 2 is 2.28 bits per heavy atom. The van der Waals surface area contributed by atoms with Crippen molar-refractivity contribution in [1.29, 1.82) is 0 Å². The van der Waals surface area contributed by atoms with Gasteiger partial charge < -0.3 is 5.73 Å². The van der Waals surface area contributed by atoms with Crippen LogP contribution in [0.5, 0.6) is 0 Å². The minimum Gasteiger partial charge on any atom is -0.393 e. The van der Waals surface area contributed by atoms with Crippen molar-refractivity contribution in [3.05, 3.63) is 39.4 Å². The lowest BCUT2D eigenvalue weighted by Crippen LogP contribution is -2.14. The number of aromatic nitrogens is 2. The zero-order valence-electron chi connectivity index (χ0n) is 8.86. The Hall–Kier alpha value is -2.55. The Balaban J connectivity index is 2.31. The van der Waals surface area contributed by atoms with Crippen LogP contribution in [0, 0.1) is 10.1 Å². The molecule has 0 radical (unpaired) electrons. The molecule has 0 saturated carbocycles. The summed E-state index contributed by atoms with van der Waals surface area (Å²) in [5.74, 6) is -0.562. The van der Waals surface area contributed by atoms with E-state index < -0.39 is 10.8 Å². The number of hydrogen-bond acceptors (Lipinski definition) is 7. The maximum absolute atomic E-state index is 11.8. The number of nitro benzene ring substituents is 1. The first-order valence-electron chi connectivity index (χ1n) is 4.70. The van der Waals surface area contributed by atoms with Gasteiger partial charge in [-0.05, 0) is 6.07 Å². The van der Waals surface area contributed by atoms with Crippen molar-refractivity contribution in [3.8, 4) is 0 Å². The second kappa shape index (κ2) is 4.75. The number of amides is 1. The largest absolute Gasteiger partial charge is 0.393 e. The maximum Gasteiger partial charge on any atom is 0.292 e. The highest BCUT2D eigenvalue weighted by molar-refractivity contribution is 7.13. The molecule has 0 atom stereocenters. The van der Waals surface area contributed by atoms with Gasteiger partial charge in [-0.1, -0.05) is 17.4 Å². The van der Waals surface area contributed by atoms with E-state index in [9.17, 15) is 14.9 Å². The normalized spacial score (nSPS) is 10.0. The van der Waals surface area contributed by atoms with Gasteiger partial charge in [-0.25, -0.2) is 0 Å². The fraction of sp³-hybridized carbons (Fsp3) is 0. The zero-order valence-corrected chi connectivity index (χ0v) is 9.68. The van der Waals surface area contributed by atoms with E-state index in [1.165, 1.54) is 23.7 Å². The Bertz CT molecular complexity index is 598. The monoisotopic (exact) mass is 265 g/mol. The van der Waals surface area contributed by atoms with Crippen LogP contribution < -0.4 is 11.1 Å². The molecule has 0 spiro atoms. The minimum atomic E-state index is -0.642. The molecule has 0 aliphatic heterocycles. The number of nitrogens with one attached hydrogen (secondary N) is 1. The maximum atomic E-state index is 11.8. The highest BCUT2D eigenvalue weighted by atomic mass is 32.1. The van der Waals surface area contributed by atoms with Gasteiger partial charge in [0.15, 0.2) is 0 Å². The second-order valence-corrected chi connectivity index (χ2v) is 4.03. The highest BCUT2D eigenvalue weighted by Crippen LogP contribution is 2.25. The Kier molecular flexibility index (Phi) is 3.15. The van der Waals surface area contributed by atoms with Gasteiger partial charge in [0, 0.05) is 6.07 Å². The standard InChI is InChI=1S/C9H7N5O3S/c10-7-5(2-1-3-6(7)14(16)17)8(15)12-9-13-11-4-18-9/h1-4H,10H2,(H,12,13,15). The summed E-state index contributed by atoms with van der Waals surface area (Å²) in [4.78, 5) is 21.9. The highest BCUT2D eigenvalue weighted by Gasteiger charge is 2.19. The van der Waals surface area contributed by atoms with Crippen molar-refractivity contribution < 1.29 is 9.72 Å². The number of benzene rings is 1. The topological polar surface area (TPSA) is 124 Å². The molecular weight excluding hydrogens is 258 g/mol. The first-order valence-corrected chi connectivity index (χ1v) is 5.58. The van der Waals surface area contributed by atoms with Gasteiger partial charge in [0.1, 0.15) is 11.2 Å². The molecule has 1 amide bonds. The number of rotatable bonds is 3. The van der Waals surface area contributed by atoms with E-state index in [1.807, 2.05) is 0 Å². The van der Waals surface area contributed by atoms with Gasteiger partial charge in [0.05, 0.1) is 10.5 Å². The summed E-state index contributed by atoms with van der Waals surface area (Å²) in [5.41, 5.74) is 6.58. The predicted molar refractivity (Wildman–Crippen MR) is 65.4 cm³/mol. The van der Waals surface area contributed by atoms with Crippen LogP contribution >= 0.6 is 11.3 Å². The number of nitrogens with two attached hydrogens (primary N) is 1. The summed E-state index contributed by atoms with van der Waals surface area (Å²) in [6.45, 7) is 0. The molecule has 0 fully saturated rings. The molecule has 1 aromatic carbocycles. The summed E-state index contributed by atoms with van der Waals surface area (Å²) >= 11 is 1.13. The lowest BCUT2D eigenvalue weighted by molar-refractivity contribution is -0.383. The van der Waals surface area contributed by atoms with Gasteiger partial charge in [-0.2, -0.15) is 0 Å².